The maximum atomic E-state index is 12.5. The highest BCUT2D eigenvalue weighted by Crippen LogP contribution is 2.41. The fourth-order valence-corrected chi connectivity index (χ4v) is 4.05. The molecule has 3 aliphatic rings. The van der Waals surface area contributed by atoms with E-state index in [0.717, 1.165) is 45.6 Å². The zero-order chi connectivity index (χ0) is 16.4. The van der Waals surface area contributed by atoms with Crippen LogP contribution >= 0.6 is 0 Å². The number of carbonyl (C=O) groups excluding carboxylic acids is 2. The Bertz CT molecular complexity index is 452. The summed E-state index contributed by atoms with van der Waals surface area (Å²) in [7, 11) is 0. The Morgan fingerprint density at radius 3 is 2.74 bits per heavy atom. The van der Waals surface area contributed by atoms with E-state index in [1.165, 1.54) is 0 Å². The van der Waals surface area contributed by atoms with Crippen LogP contribution in [0.4, 0.5) is 0 Å². The molecular formula is C17H29N3O3. The molecule has 6 heteroatoms. The molecule has 0 aromatic carbocycles. The van der Waals surface area contributed by atoms with Gasteiger partial charge in [-0.1, -0.05) is 13.8 Å². The summed E-state index contributed by atoms with van der Waals surface area (Å²) >= 11 is 0. The predicted octanol–water partition coefficient (Wildman–Crippen LogP) is 0.472. The molecule has 0 aliphatic carbocycles. The lowest BCUT2D eigenvalue weighted by Gasteiger charge is -2.40. The maximum Gasteiger partial charge on any atom is 0.253 e. The van der Waals surface area contributed by atoms with E-state index in [-0.39, 0.29) is 17.4 Å². The van der Waals surface area contributed by atoms with Gasteiger partial charge in [0.1, 0.15) is 6.10 Å². The number of ether oxygens (including phenoxy) is 1. The lowest BCUT2D eigenvalue weighted by Crippen LogP contribution is -2.52. The molecule has 3 rings (SSSR count). The molecular weight excluding hydrogens is 294 g/mol. The molecule has 130 valence electrons. The molecule has 2 amide bonds. The van der Waals surface area contributed by atoms with Crippen molar-refractivity contribution in [3.05, 3.63) is 0 Å². The van der Waals surface area contributed by atoms with Crippen molar-refractivity contribution < 1.29 is 14.3 Å². The highest BCUT2D eigenvalue weighted by Gasteiger charge is 2.45. The highest BCUT2D eigenvalue weighted by molar-refractivity contribution is 5.82. The molecule has 1 unspecified atom stereocenters. The van der Waals surface area contributed by atoms with Crippen LogP contribution in [-0.4, -0.2) is 73.6 Å². The topological polar surface area (TPSA) is 61.9 Å². The molecule has 0 bridgehead atoms. The van der Waals surface area contributed by atoms with Crippen LogP contribution in [0.15, 0.2) is 0 Å². The van der Waals surface area contributed by atoms with E-state index in [4.69, 9.17) is 4.74 Å². The van der Waals surface area contributed by atoms with Crippen LogP contribution in [0, 0.1) is 11.3 Å². The fraction of sp³-hybridized carbons (Fsp3) is 0.882. The molecule has 3 fully saturated rings. The minimum absolute atomic E-state index is 0.0917. The molecule has 0 radical (unpaired) electrons. The number of morpholine rings is 1. The zero-order valence-electron chi connectivity index (χ0n) is 14.3. The van der Waals surface area contributed by atoms with Gasteiger partial charge in [-0.2, -0.15) is 0 Å². The van der Waals surface area contributed by atoms with Gasteiger partial charge in [-0.3, -0.25) is 9.59 Å². The van der Waals surface area contributed by atoms with Gasteiger partial charge in [-0.05, 0) is 18.8 Å². The SMILES string of the molecule is CC(C)CN1CC2(CCN(C(=O)C3CNCCO3)CC2)CC1=O. The standard InChI is InChI=1S/C17H29N3O3/c1-13(2)11-20-12-17(9-15(20)21)3-6-19(7-4-17)16(22)14-10-18-5-8-23-14/h13-14,18H,3-12H2,1-2H3. The summed E-state index contributed by atoms with van der Waals surface area (Å²) < 4.78 is 5.57. The van der Waals surface area contributed by atoms with Gasteiger partial charge in [-0.25, -0.2) is 0 Å². The van der Waals surface area contributed by atoms with Crippen LogP contribution in [0.5, 0.6) is 0 Å². The molecule has 1 atom stereocenters. The van der Waals surface area contributed by atoms with Gasteiger partial charge in [0.05, 0.1) is 6.61 Å². The molecule has 6 nitrogen and oxygen atoms in total. The summed E-state index contributed by atoms with van der Waals surface area (Å²) in [5.41, 5.74) is 0.0917. The number of hydrogen-bond acceptors (Lipinski definition) is 4. The third kappa shape index (κ3) is 3.69. The molecule has 0 saturated carbocycles. The third-order valence-corrected chi connectivity index (χ3v) is 5.33. The first-order chi connectivity index (χ1) is 11.0. The average molecular weight is 323 g/mol. The van der Waals surface area contributed by atoms with Gasteiger partial charge in [-0.15, -0.1) is 0 Å². The molecule has 3 heterocycles. The monoisotopic (exact) mass is 323 g/mol. The van der Waals surface area contributed by atoms with Crippen LogP contribution < -0.4 is 5.32 Å². The second-order valence-electron chi connectivity index (χ2n) is 7.73. The number of hydrogen-bond donors (Lipinski definition) is 1. The van der Waals surface area contributed by atoms with E-state index in [9.17, 15) is 9.59 Å². The Morgan fingerprint density at radius 2 is 2.13 bits per heavy atom. The van der Waals surface area contributed by atoms with E-state index in [2.05, 4.69) is 19.2 Å². The first-order valence-electron chi connectivity index (χ1n) is 8.88. The fourth-order valence-electron chi connectivity index (χ4n) is 4.05. The average Bonchev–Trinajstić information content (AvgIpc) is 2.83. The number of nitrogens with one attached hydrogen (secondary N) is 1. The van der Waals surface area contributed by atoms with Crippen molar-refractivity contribution in [3.8, 4) is 0 Å². The normalized spacial score (nSPS) is 28.0. The van der Waals surface area contributed by atoms with E-state index < -0.39 is 0 Å². The predicted molar refractivity (Wildman–Crippen MR) is 86.9 cm³/mol. The Hall–Kier alpha value is -1.14. The van der Waals surface area contributed by atoms with Gasteiger partial charge in [0.2, 0.25) is 5.91 Å². The number of piperidine rings is 1. The van der Waals surface area contributed by atoms with Crippen molar-refractivity contribution in [2.24, 2.45) is 11.3 Å². The van der Waals surface area contributed by atoms with Gasteiger partial charge >= 0.3 is 0 Å². The second-order valence-corrected chi connectivity index (χ2v) is 7.73. The van der Waals surface area contributed by atoms with E-state index in [0.29, 0.717) is 31.4 Å². The molecule has 1 N–H and O–H groups in total. The molecule has 0 aromatic rings. The smallest absolute Gasteiger partial charge is 0.253 e. The van der Waals surface area contributed by atoms with Crippen LogP contribution in [0.25, 0.3) is 0 Å². The summed E-state index contributed by atoms with van der Waals surface area (Å²) in [5, 5.41) is 3.21. The lowest BCUT2D eigenvalue weighted by molar-refractivity contribution is -0.147. The summed E-state index contributed by atoms with van der Waals surface area (Å²) in [6.07, 6.45) is 2.18. The van der Waals surface area contributed by atoms with Crippen molar-refractivity contribution >= 4 is 11.8 Å². The highest BCUT2D eigenvalue weighted by atomic mass is 16.5. The minimum Gasteiger partial charge on any atom is -0.366 e. The Kier molecular flexibility index (Phi) is 4.92. The van der Waals surface area contributed by atoms with Crippen LogP contribution in [0.1, 0.15) is 33.1 Å². The van der Waals surface area contributed by atoms with E-state index in [1.807, 2.05) is 9.80 Å². The Labute approximate surface area is 138 Å². The van der Waals surface area contributed by atoms with Gasteiger partial charge < -0.3 is 19.9 Å². The number of carbonyl (C=O) groups is 2. The number of nitrogens with zero attached hydrogens (tertiary/aromatic N) is 2. The Balaban J connectivity index is 1.54. The van der Waals surface area contributed by atoms with E-state index >= 15 is 0 Å². The zero-order valence-corrected chi connectivity index (χ0v) is 14.3. The first kappa shape index (κ1) is 16.7. The third-order valence-electron chi connectivity index (χ3n) is 5.33. The van der Waals surface area contributed by atoms with Gasteiger partial charge in [0.15, 0.2) is 0 Å². The molecule has 23 heavy (non-hydrogen) atoms. The van der Waals surface area contributed by atoms with E-state index in [1.54, 1.807) is 0 Å². The lowest BCUT2D eigenvalue weighted by atomic mass is 9.77. The number of likely N-dealkylation sites (tertiary alicyclic amines) is 2. The van der Waals surface area contributed by atoms with Gasteiger partial charge in [0, 0.05) is 51.1 Å². The van der Waals surface area contributed by atoms with Crippen molar-refractivity contribution in [2.45, 2.75) is 39.2 Å². The summed E-state index contributed by atoms with van der Waals surface area (Å²) in [6, 6.07) is 0. The quantitative estimate of drug-likeness (QED) is 0.820. The van der Waals surface area contributed by atoms with Gasteiger partial charge in [0.25, 0.3) is 5.91 Å². The maximum absolute atomic E-state index is 12.5. The molecule has 0 aromatic heterocycles. The van der Waals surface area contributed by atoms with Crippen LogP contribution in [0.2, 0.25) is 0 Å². The minimum atomic E-state index is -0.333. The van der Waals surface area contributed by atoms with Crippen molar-refractivity contribution in [1.82, 2.24) is 15.1 Å². The van der Waals surface area contributed by atoms with Crippen LogP contribution in [-0.2, 0) is 14.3 Å². The first-order valence-corrected chi connectivity index (χ1v) is 8.88. The summed E-state index contributed by atoms with van der Waals surface area (Å²) in [4.78, 5) is 28.7. The molecule has 3 aliphatic heterocycles. The molecule has 3 saturated heterocycles. The van der Waals surface area contributed by atoms with Crippen molar-refractivity contribution in [1.29, 1.82) is 0 Å². The summed E-state index contributed by atoms with van der Waals surface area (Å²) in [6.45, 7) is 9.56. The largest absolute Gasteiger partial charge is 0.366 e. The number of amides is 2. The summed E-state index contributed by atoms with van der Waals surface area (Å²) in [5.74, 6) is 0.903. The number of rotatable bonds is 3. The van der Waals surface area contributed by atoms with Crippen molar-refractivity contribution in [2.75, 3.05) is 45.9 Å². The molecule has 1 spiro atoms. The second kappa shape index (κ2) is 6.77. The Morgan fingerprint density at radius 1 is 1.39 bits per heavy atom. The van der Waals surface area contributed by atoms with Crippen molar-refractivity contribution in [3.63, 3.8) is 0 Å². The van der Waals surface area contributed by atoms with Crippen LogP contribution in [0.3, 0.4) is 0 Å².